The first kappa shape index (κ1) is 18.3. The summed E-state index contributed by atoms with van der Waals surface area (Å²) >= 11 is 0. The molecule has 4 heteroatoms. The number of fused-ring (bicyclic) bond motifs is 1. The number of hydrogen-bond acceptors (Lipinski definition) is 3. The summed E-state index contributed by atoms with van der Waals surface area (Å²) in [6.45, 7) is 9.12. The molecule has 0 aliphatic carbocycles. The number of amides is 1. The van der Waals surface area contributed by atoms with Crippen molar-refractivity contribution in [1.29, 1.82) is 0 Å². The van der Waals surface area contributed by atoms with Gasteiger partial charge in [0.15, 0.2) is 6.61 Å². The summed E-state index contributed by atoms with van der Waals surface area (Å²) in [4.78, 5) is 12.4. The molecule has 4 nitrogen and oxygen atoms in total. The minimum atomic E-state index is -0.118. The zero-order chi connectivity index (χ0) is 18.7. The maximum absolute atomic E-state index is 12.4. The van der Waals surface area contributed by atoms with Gasteiger partial charge in [0.25, 0.3) is 5.91 Å². The summed E-state index contributed by atoms with van der Waals surface area (Å²) in [6, 6.07) is 13.9. The Kier molecular flexibility index (Phi) is 5.21. The first-order chi connectivity index (χ1) is 12.3. The van der Waals surface area contributed by atoms with Crippen molar-refractivity contribution in [2.75, 3.05) is 13.2 Å². The van der Waals surface area contributed by atoms with Crippen LogP contribution in [0, 0.1) is 6.92 Å². The molecule has 26 heavy (non-hydrogen) atoms. The molecule has 0 saturated heterocycles. The summed E-state index contributed by atoms with van der Waals surface area (Å²) in [7, 11) is 0. The normalized spacial score (nSPS) is 16.4. The van der Waals surface area contributed by atoms with Crippen molar-refractivity contribution in [2.24, 2.45) is 0 Å². The molecule has 1 aliphatic heterocycles. The lowest BCUT2D eigenvalue weighted by atomic mass is 9.85. The first-order valence-electron chi connectivity index (χ1n) is 9.09. The third-order valence-electron chi connectivity index (χ3n) is 4.60. The molecule has 0 bridgehead atoms. The largest absolute Gasteiger partial charge is 0.493 e. The average Bonchev–Trinajstić information content (AvgIpc) is 2.60. The molecule has 3 rings (SSSR count). The van der Waals surface area contributed by atoms with Gasteiger partial charge in [-0.05, 0) is 30.0 Å². The summed E-state index contributed by atoms with van der Waals surface area (Å²) in [5.74, 6) is 1.50. The van der Waals surface area contributed by atoms with E-state index >= 15 is 0 Å². The summed E-state index contributed by atoms with van der Waals surface area (Å²) in [5, 5.41) is 3.07. The Morgan fingerprint density at radius 2 is 2.00 bits per heavy atom. The Morgan fingerprint density at radius 1 is 1.23 bits per heavy atom. The predicted molar refractivity (Wildman–Crippen MR) is 103 cm³/mol. The third-order valence-corrected chi connectivity index (χ3v) is 4.60. The number of rotatable bonds is 4. The van der Waals surface area contributed by atoms with E-state index < -0.39 is 0 Å². The molecule has 0 aromatic heterocycles. The number of benzene rings is 2. The van der Waals surface area contributed by atoms with E-state index in [-0.39, 0.29) is 24.0 Å². The van der Waals surface area contributed by atoms with Crippen molar-refractivity contribution >= 4 is 5.91 Å². The Hall–Kier alpha value is -2.49. The minimum Gasteiger partial charge on any atom is -0.493 e. The van der Waals surface area contributed by atoms with Crippen LogP contribution in [-0.2, 0) is 10.2 Å². The van der Waals surface area contributed by atoms with E-state index in [2.05, 4.69) is 39.1 Å². The molecule has 1 atom stereocenters. The molecule has 0 fully saturated rings. The highest BCUT2D eigenvalue weighted by atomic mass is 16.5. The fourth-order valence-corrected chi connectivity index (χ4v) is 3.23. The lowest BCUT2D eigenvalue weighted by Crippen LogP contribution is -2.35. The molecule has 2 aromatic rings. The van der Waals surface area contributed by atoms with Gasteiger partial charge >= 0.3 is 0 Å². The van der Waals surface area contributed by atoms with Gasteiger partial charge in [-0.25, -0.2) is 0 Å². The molecule has 1 aliphatic rings. The lowest BCUT2D eigenvalue weighted by molar-refractivity contribution is -0.124. The molecule has 138 valence electrons. The van der Waals surface area contributed by atoms with Gasteiger partial charge in [-0.15, -0.1) is 0 Å². The smallest absolute Gasteiger partial charge is 0.258 e. The van der Waals surface area contributed by atoms with Crippen molar-refractivity contribution in [3.63, 3.8) is 0 Å². The van der Waals surface area contributed by atoms with Crippen LogP contribution in [0.3, 0.4) is 0 Å². The van der Waals surface area contributed by atoms with Gasteiger partial charge in [0, 0.05) is 12.0 Å². The summed E-state index contributed by atoms with van der Waals surface area (Å²) in [6.07, 6.45) is 0.764. The number of para-hydroxylation sites is 1. The van der Waals surface area contributed by atoms with E-state index in [9.17, 15) is 4.79 Å². The zero-order valence-electron chi connectivity index (χ0n) is 16.0. The van der Waals surface area contributed by atoms with Crippen LogP contribution >= 0.6 is 0 Å². The van der Waals surface area contributed by atoms with Crippen LogP contribution in [0.1, 0.15) is 49.9 Å². The van der Waals surface area contributed by atoms with E-state index in [1.807, 2.05) is 36.4 Å². The minimum absolute atomic E-state index is 0.00562. The third kappa shape index (κ3) is 4.18. The van der Waals surface area contributed by atoms with Gasteiger partial charge in [-0.3, -0.25) is 4.79 Å². The van der Waals surface area contributed by atoms with Crippen molar-refractivity contribution < 1.29 is 14.3 Å². The number of hydrogen-bond donors (Lipinski definition) is 1. The monoisotopic (exact) mass is 353 g/mol. The highest BCUT2D eigenvalue weighted by molar-refractivity contribution is 5.78. The molecule has 2 aromatic carbocycles. The van der Waals surface area contributed by atoms with Gasteiger partial charge in [0.1, 0.15) is 11.5 Å². The Morgan fingerprint density at radius 3 is 2.77 bits per heavy atom. The van der Waals surface area contributed by atoms with Gasteiger partial charge in [0.2, 0.25) is 0 Å². The summed E-state index contributed by atoms with van der Waals surface area (Å²) < 4.78 is 11.5. The molecule has 0 spiro atoms. The molecule has 1 unspecified atom stereocenters. The topological polar surface area (TPSA) is 47.6 Å². The van der Waals surface area contributed by atoms with Crippen LogP contribution < -0.4 is 14.8 Å². The number of aryl methyl sites for hydroxylation is 1. The molecule has 1 heterocycles. The van der Waals surface area contributed by atoms with Gasteiger partial charge < -0.3 is 14.8 Å². The van der Waals surface area contributed by atoms with Crippen molar-refractivity contribution in [3.05, 3.63) is 59.2 Å². The van der Waals surface area contributed by atoms with E-state index in [0.717, 1.165) is 29.0 Å². The number of carbonyl (C=O) groups excluding carboxylic acids is 1. The van der Waals surface area contributed by atoms with Crippen LogP contribution in [0.25, 0.3) is 0 Å². The highest BCUT2D eigenvalue weighted by Crippen LogP contribution is 2.33. The second kappa shape index (κ2) is 7.40. The van der Waals surface area contributed by atoms with Crippen molar-refractivity contribution in [3.8, 4) is 11.5 Å². The van der Waals surface area contributed by atoms with E-state index in [4.69, 9.17) is 9.47 Å². The van der Waals surface area contributed by atoms with Crippen LogP contribution in [0.4, 0.5) is 0 Å². The maximum atomic E-state index is 12.4. The standard InChI is InChI=1S/C22H27NO3/c1-15-9-10-20(17(13-15)22(2,3)4)26-14-21(24)23-18-11-12-25-19-8-6-5-7-16(18)19/h5-10,13,18H,11-12,14H2,1-4H3,(H,23,24). The quantitative estimate of drug-likeness (QED) is 0.891. The Bertz CT molecular complexity index is 792. The predicted octanol–water partition coefficient (Wildman–Crippen LogP) is 4.31. The fraction of sp³-hybridized carbons (Fsp3) is 0.409. The van der Waals surface area contributed by atoms with Gasteiger partial charge in [-0.2, -0.15) is 0 Å². The summed E-state index contributed by atoms with van der Waals surface area (Å²) in [5.41, 5.74) is 3.28. The first-order valence-corrected chi connectivity index (χ1v) is 9.09. The van der Waals surface area contributed by atoms with E-state index in [1.165, 1.54) is 5.56 Å². The second-order valence-corrected chi connectivity index (χ2v) is 7.83. The van der Waals surface area contributed by atoms with Crippen LogP contribution in [0.2, 0.25) is 0 Å². The second-order valence-electron chi connectivity index (χ2n) is 7.83. The highest BCUT2D eigenvalue weighted by Gasteiger charge is 2.23. The molecule has 0 radical (unpaired) electrons. The van der Waals surface area contributed by atoms with E-state index in [1.54, 1.807) is 0 Å². The molecule has 1 amide bonds. The van der Waals surface area contributed by atoms with Crippen molar-refractivity contribution in [2.45, 2.75) is 45.6 Å². The van der Waals surface area contributed by atoms with Gasteiger partial charge in [-0.1, -0.05) is 56.7 Å². The number of nitrogens with one attached hydrogen (secondary N) is 1. The Labute approximate surface area is 155 Å². The SMILES string of the molecule is Cc1ccc(OCC(=O)NC2CCOc3ccccc32)c(C(C)(C)C)c1. The number of ether oxygens (including phenoxy) is 2. The zero-order valence-corrected chi connectivity index (χ0v) is 16.0. The van der Waals surface area contributed by atoms with Crippen LogP contribution in [0.5, 0.6) is 11.5 Å². The molecule has 1 N–H and O–H groups in total. The molecule has 0 saturated carbocycles. The van der Waals surface area contributed by atoms with E-state index in [0.29, 0.717) is 6.61 Å². The molecular weight excluding hydrogens is 326 g/mol. The number of carbonyl (C=O) groups is 1. The average molecular weight is 353 g/mol. The van der Waals surface area contributed by atoms with Crippen LogP contribution in [-0.4, -0.2) is 19.1 Å². The molecular formula is C22H27NO3. The fourth-order valence-electron chi connectivity index (χ4n) is 3.23. The Balaban J connectivity index is 1.66. The maximum Gasteiger partial charge on any atom is 0.258 e. The van der Waals surface area contributed by atoms with Crippen molar-refractivity contribution in [1.82, 2.24) is 5.32 Å². The lowest BCUT2D eigenvalue weighted by Gasteiger charge is -2.27. The van der Waals surface area contributed by atoms with Crippen LogP contribution in [0.15, 0.2) is 42.5 Å². The van der Waals surface area contributed by atoms with Gasteiger partial charge in [0.05, 0.1) is 12.6 Å².